The Kier molecular flexibility index (Phi) is 3.18. The van der Waals surface area contributed by atoms with Gasteiger partial charge in [0.05, 0.1) is 5.56 Å². The first-order chi connectivity index (χ1) is 8.79. The standard InChI is InChI=1S/C13H8F4O2/c1-7(18)11-4-5-12(19-11)8-2-3-10(14)9(6-8)13(15,16)17/h2-6H,1H3. The van der Waals surface area contributed by atoms with Crippen molar-refractivity contribution in [2.75, 3.05) is 0 Å². The molecule has 0 N–H and O–H groups in total. The molecule has 0 aliphatic rings. The number of benzene rings is 1. The molecular formula is C13H8F4O2. The van der Waals surface area contributed by atoms with Gasteiger partial charge >= 0.3 is 6.18 Å². The molecule has 1 aromatic heterocycles. The van der Waals surface area contributed by atoms with Crippen LogP contribution in [0.25, 0.3) is 11.3 Å². The number of rotatable bonds is 2. The first kappa shape index (κ1) is 13.3. The molecule has 19 heavy (non-hydrogen) atoms. The van der Waals surface area contributed by atoms with E-state index in [0.717, 1.165) is 6.07 Å². The molecule has 0 amide bonds. The van der Waals surface area contributed by atoms with Crippen LogP contribution >= 0.6 is 0 Å². The van der Waals surface area contributed by atoms with Crippen molar-refractivity contribution in [2.45, 2.75) is 13.1 Å². The molecule has 0 saturated heterocycles. The van der Waals surface area contributed by atoms with Gasteiger partial charge in [0, 0.05) is 12.5 Å². The van der Waals surface area contributed by atoms with Gasteiger partial charge in [-0.25, -0.2) is 4.39 Å². The fraction of sp³-hybridized carbons (Fsp3) is 0.154. The second-order valence-electron chi connectivity index (χ2n) is 3.91. The van der Waals surface area contributed by atoms with Gasteiger partial charge in [0.15, 0.2) is 11.5 Å². The van der Waals surface area contributed by atoms with Gasteiger partial charge in [-0.15, -0.1) is 0 Å². The molecule has 2 nitrogen and oxygen atoms in total. The molecule has 1 heterocycles. The van der Waals surface area contributed by atoms with E-state index >= 15 is 0 Å². The highest BCUT2D eigenvalue weighted by Crippen LogP contribution is 2.34. The van der Waals surface area contributed by atoms with E-state index in [9.17, 15) is 22.4 Å². The Balaban J connectivity index is 2.48. The predicted molar refractivity (Wildman–Crippen MR) is 59.1 cm³/mol. The molecule has 0 saturated carbocycles. The van der Waals surface area contributed by atoms with Gasteiger partial charge in [0.1, 0.15) is 11.6 Å². The molecule has 6 heteroatoms. The Morgan fingerprint density at radius 2 is 1.84 bits per heavy atom. The second kappa shape index (κ2) is 4.53. The van der Waals surface area contributed by atoms with Crippen molar-refractivity contribution in [1.82, 2.24) is 0 Å². The minimum Gasteiger partial charge on any atom is -0.453 e. The summed E-state index contributed by atoms with van der Waals surface area (Å²) in [5.41, 5.74) is -1.31. The lowest BCUT2D eigenvalue weighted by molar-refractivity contribution is -0.139. The van der Waals surface area contributed by atoms with Crippen LogP contribution in [0.15, 0.2) is 34.7 Å². The average molecular weight is 272 g/mol. The average Bonchev–Trinajstić information content (AvgIpc) is 2.77. The normalized spacial score (nSPS) is 11.6. The lowest BCUT2D eigenvalue weighted by Gasteiger charge is -2.08. The third-order valence-electron chi connectivity index (χ3n) is 2.51. The van der Waals surface area contributed by atoms with Crippen LogP contribution in [0.5, 0.6) is 0 Å². The summed E-state index contributed by atoms with van der Waals surface area (Å²) in [5.74, 6) is -1.58. The van der Waals surface area contributed by atoms with Gasteiger partial charge < -0.3 is 4.42 Å². The number of hydrogen-bond donors (Lipinski definition) is 0. The van der Waals surface area contributed by atoms with Crippen molar-refractivity contribution >= 4 is 5.78 Å². The molecular weight excluding hydrogens is 264 g/mol. The van der Waals surface area contributed by atoms with E-state index in [1.807, 2.05) is 0 Å². The molecule has 0 fully saturated rings. The third-order valence-corrected chi connectivity index (χ3v) is 2.51. The van der Waals surface area contributed by atoms with Gasteiger partial charge in [-0.1, -0.05) is 0 Å². The van der Waals surface area contributed by atoms with Gasteiger partial charge in [-0.3, -0.25) is 4.79 Å². The van der Waals surface area contributed by atoms with Crippen LogP contribution in [0.1, 0.15) is 23.0 Å². The molecule has 0 atom stereocenters. The Bertz CT molecular complexity index is 626. The van der Waals surface area contributed by atoms with Crippen molar-refractivity contribution in [2.24, 2.45) is 0 Å². The summed E-state index contributed by atoms with van der Waals surface area (Å²) in [5, 5.41) is 0. The molecule has 0 spiro atoms. The van der Waals surface area contributed by atoms with Gasteiger partial charge in [0.2, 0.25) is 0 Å². The number of halogens is 4. The van der Waals surface area contributed by atoms with Crippen molar-refractivity contribution in [3.8, 4) is 11.3 Å². The summed E-state index contributed by atoms with van der Waals surface area (Å²) < 4.78 is 55.9. The summed E-state index contributed by atoms with van der Waals surface area (Å²) in [6.07, 6.45) is -4.78. The minimum absolute atomic E-state index is 0.0351. The number of carbonyl (C=O) groups excluding carboxylic acids is 1. The maximum Gasteiger partial charge on any atom is 0.419 e. The van der Waals surface area contributed by atoms with E-state index in [-0.39, 0.29) is 22.9 Å². The summed E-state index contributed by atoms with van der Waals surface area (Å²) in [6.45, 7) is 1.27. The Labute approximate surface area is 105 Å². The number of furan rings is 1. The van der Waals surface area contributed by atoms with Gasteiger partial charge in [-0.2, -0.15) is 13.2 Å². The zero-order valence-electron chi connectivity index (χ0n) is 9.72. The highest BCUT2D eigenvalue weighted by atomic mass is 19.4. The summed E-state index contributed by atoms with van der Waals surface area (Å²) in [6, 6.07) is 5.25. The summed E-state index contributed by atoms with van der Waals surface area (Å²) in [7, 11) is 0. The minimum atomic E-state index is -4.78. The molecule has 2 aromatic rings. The van der Waals surface area contributed by atoms with E-state index < -0.39 is 17.6 Å². The Hall–Kier alpha value is -2.11. The highest BCUT2D eigenvalue weighted by Gasteiger charge is 2.34. The summed E-state index contributed by atoms with van der Waals surface area (Å²) in [4.78, 5) is 11.0. The van der Waals surface area contributed by atoms with Crippen LogP contribution < -0.4 is 0 Å². The van der Waals surface area contributed by atoms with E-state index in [1.165, 1.54) is 19.1 Å². The molecule has 0 unspecified atom stereocenters. The van der Waals surface area contributed by atoms with Crippen LogP contribution in [0, 0.1) is 5.82 Å². The molecule has 0 aliphatic heterocycles. The highest BCUT2D eigenvalue weighted by molar-refractivity contribution is 5.91. The van der Waals surface area contributed by atoms with Crippen LogP contribution in [0.3, 0.4) is 0 Å². The quantitative estimate of drug-likeness (QED) is 0.602. The molecule has 2 rings (SSSR count). The Morgan fingerprint density at radius 3 is 2.37 bits per heavy atom. The number of alkyl halides is 3. The lowest BCUT2D eigenvalue weighted by atomic mass is 10.1. The van der Waals surface area contributed by atoms with Crippen LogP contribution in [0.2, 0.25) is 0 Å². The monoisotopic (exact) mass is 272 g/mol. The number of hydrogen-bond acceptors (Lipinski definition) is 2. The molecule has 0 aliphatic carbocycles. The third kappa shape index (κ3) is 2.67. The molecule has 0 radical (unpaired) electrons. The first-order valence-corrected chi connectivity index (χ1v) is 5.27. The fourth-order valence-corrected chi connectivity index (χ4v) is 1.58. The molecule has 0 bridgehead atoms. The van der Waals surface area contributed by atoms with Crippen molar-refractivity contribution < 1.29 is 26.8 Å². The first-order valence-electron chi connectivity index (χ1n) is 5.27. The van der Waals surface area contributed by atoms with Crippen molar-refractivity contribution in [1.29, 1.82) is 0 Å². The zero-order valence-corrected chi connectivity index (χ0v) is 9.72. The zero-order chi connectivity index (χ0) is 14.2. The van der Waals surface area contributed by atoms with Gasteiger partial charge in [-0.05, 0) is 30.3 Å². The summed E-state index contributed by atoms with van der Waals surface area (Å²) >= 11 is 0. The van der Waals surface area contributed by atoms with Crippen molar-refractivity contribution in [3.05, 3.63) is 47.5 Å². The van der Waals surface area contributed by atoms with E-state index in [1.54, 1.807) is 0 Å². The Morgan fingerprint density at radius 1 is 1.16 bits per heavy atom. The lowest BCUT2D eigenvalue weighted by Crippen LogP contribution is -2.08. The number of ketones is 1. The van der Waals surface area contributed by atoms with E-state index in [0.29, 0.717) is 12.1 Å². The van der Waals surface area contributed by atoms with Crippen LogP contribution in [0.4, 0.5) is 17.6 Å². The number of Topliss-reactive ketones (excluding diaryl/α,β-unsaturated/α-hetero) is 1. The molecule has 100 valence electrons. The molecule has 1 aromatic carbocycles. The smallest absolute Gasteiger partial charge is 0.419 e. The van der Waals surface area contributed by atoms with Crippen LogP contribution in [-0.2, 0) is 6.18 Å². The second-order valence-corrected chi connectivity index (χ2v) is 3.91. The van der Waals surface area contributed by atoms with Gasteiger partial charge in [0.25, 0.3) is 0 Å². The van der Waals surface area contributed by atoms with E-state index in [2.05, 4.69) is 0 Å². The predicted octanol–water partition coefficient (Wildman–Crippen LogP) is 4.31. The van der Waals surface area contributed by atoms with E-state index in [4.69, 9.17) is 4.42 Å². The largest absolute Gasteiger partial charge is 0.453 e. The fourth-order valence-electron chi connectivity index (χ4n) is 1.58. The maximum atomic E-state index is 13.1. The van der Waals surface area contributed by atoms with Crippen LogP contribution in [-0.4, -0.2) is 5.78 Å². The van der Waals surface area contributed by atoms with Crippen molar-refractivity contribution in [3.63, 3.8) is 0 Å². The maximum absolute atomic E-state index is 13.1. The number of carbonyl (C=O) groups is 1. The SMILES string of the molecule is CC(=O)c1ccc(-c2ccc(F)c(C(F)(F)F)c2)o1. The topological polar surface area (TPSA) is 30.2 Å².